The summed E-state index contributed by atoms with van der Waals surface area (Å²) in [5.74, 6) is -0.350. The molecule has 0 rings (SSSR count). The van der Waals surface area contributed by atoms with Crippen LogP contribution in [0.5, 0.6) is 0 Å². The van der Waals surface area contributed by atoms with Gasteiger partial charge in [0.15, 0.2) is 0 Å². The predicted octanol–water partition coefficient (Wildman–Crippen LogP) is -0.445. The van der Waals surface area contributed by atoms with Gasteiger partial charge in [0.05, 0.1) is 20.3 Å². The Labute approximate surface area is 59.7 Å². The number of rotatable bonds is 4. The number of hydrogen-bond acceptors (Lipinski definition) is 3. The largest absolute Gasteiger partial charge is 0.394 e. The Morgan fingerprint density at radius 1 is 1.90 bits per heavy atom. The van der Waals surface area contributed by atoms with Crippen molar-refractivity contribution in [3.63, 3.8) is 0 Å². The number of amides is 1. The van der Waals surface area contributed by atoms with E-state index in [0.717, 1.165) is 11.1 Å². The molecule has 10 heavy (non-hydrogen) atoms. The second-order valence-corrected chi connectivity index (χ2v) is 1.55. The number of aliphatic hydroxyl groups excluding tert-OH is 1. The summed E-state index contributed by atoms with van der Waals surface area (Å²) < 4.78 is 0. The molecule has 0 fully saturated rings. The molecule has 0 aliphatic rings. The van der Waals surface area contributed by atoms with Gasteiger partial charge in [0, 0.05) is 0 Å². The van der Waals surface area contributed by atoms with Crippen molar-refractivity contribution in [2.24, 2.45) is 0 Å². The maximum Gasteiger partial charge on any atom is 0.269 e. The Balaban J connectivity index is 3.79. The average molecular weight is 145 g/mol. The van der Waals surface area contributed by atoms with Crippen molar-refractivity contribution in [2.75, 3.05) is 20.3 Å². The van der Waals surface area contributed by atoms with E-state index in [1.807, 2.05) is 0 Å². The lowest BCUT2D eigenvalue weighted by Crippen LogP contribution is -2.30. The van der Waals surface area contributed by atoms with Crippen LogP contribution in [-0.4, -0.2) is 36.3 Å². The molecular weight excluding hydrogens is 134 g/mol. The van der Waals surface area contributed by atoms with Crippen LogP contribution in [0.4, 0.5) is 0 Å². The Bertz CT molecular complexity index is 124. The van der Waals surface area contributed by atoms with Crippen LogP contribution >= 0.6 is 0 Å². The van der Waals surface area contributed by atoms with Gasteiger partial charge in [0.1, 0.15) is 0 Å². The molecule has 0 atom stereocenters. The fourth-order valence-corrected chi connectivity index (χ4v) is 0.484. The summed E-state index contributed by atoms with van der Waals surface area (Å²) in [7, 11) is 1.36. The van der Waals surface area contributed by atoms with Gasteiger partial charge >= 0.3 is 0 Å². The number of aliphatic hydroxyl groups is 1. The minimum atomic E-state index is -0.350. The maximum atomic E-state index is 10.7. The van der Waals surface area contributed by atoms with Crippen LogP contribution in [0.1, 0.15) is 0 Å². The van der Waals surface area contributed by atoms with Crippen LogP contribution in [0.15, 0.2) is 12.7 Å². The molecule has 4 nitrogen and oxygen atoms in total. The highest BCUT2D eigenvalue weighted by Crippen LogP contribution is 1.88. The smallest absolute Gasteiger partial charge is 0.269 e. The molecule has 58 valence electrons. The Kier molecular flexibility index (Phi) is 4.53. The molecule has 0 aliphatic carbocycles. The van der Waals surface area contributed by atoms with E-state index >= 15 is 0 Å². The second kappa shape index (κ2) is 4.96. The van der Waals surface area contributed by atoms with Crippen molar-refractivity contribution in [1.82, 2.24) is 5.06 Å². The molecule has 0 aliphatic heterocycles. The third-order valence-electron chi connectivity index (χ3n) is 0.944. The summed E-state index contributed by atoms with van der Waals surface area (Å²) in [6, 6.07) is 0. The second-order valence-electron chi connectivity index (χ2n) is 1.55. The number of carbonyl (C=O) groups is 1. The third kappa shape index (κ3) is 2.61. The Morgan fingerprint density at radius 2 is 2.50 bits per heavy atom. The van der Waals surface area contributed by atoms with Gasteiger partial charge in [-0.05, 0) is 6.08 Å². The molecule has 4 heteroatoms. The molecule has 1 N–H and O–H groups in total. The van der Waals surface area contributed by atoms with Crippen molar-refractivity contribution in [3.8, 4) is 0 Å². The van der Waals surface area contributed by atoms with E-state index < -0.39 is 0 Å². The van der Waals surface area contributed by atoms with E-state index in [9.17, 15) is 4.79 Å². The summed E-state index contributed by atoms with van der Waals surface area (Å²) >= 11 is 0. The number of hydroxylamine groups is 2. The highest BCUT2D eigenvalue weighted by atomic mass is 16.7. The van der Waals surface area contributed by atoms with Gasteiger partial charge in [-0.25, -0.2) is 5.06 Å². The monoisotopic (exact) mass is 145 g/mol. The van der Waals surface area contributed by atoms with E-state index in [1.54, 1.807) is 0 Å². The summed E-state index contributed by atoms with van der Waals surface area (Å²) in [5, 5.41) is 9.42. The van der Waals surface area contributed by atoms with Crippen molar-refractivity contribution < 1.29 is 14.7 Å². The molecule has 0 saturated carbocycles. The predicted molar refractivity (Wildman–Crippen MR) is 36.0 cm³/mol. The zero-order valence-corrected chi connectivity index (χ0v) is 5.91. The molecule has 0 aromatic heterocycles. The maximum absolute atomic E-state index is 10.7. The highest BCUT2D eigenvalue weighted by Gasteiger charge is 2.06. The van der Waals surface area contributed by atoms with Crippen molar-refractivity contribution in [1.29, 1.82) is 0 Å². The molecule has 0 bridgehead atoms. The van der Waals surface area contributed by atoms with E-state index in [0.29, 0.717) is 0 Å². The van der Waals surface area contributed by atoms with E-state index in [4.69, 9.17) is 5.11 Å². The first kappa shape index (κ1) is 9.13. The third-order valence-corrected chi connectivity index (χ3v) is 0.944. The first-order valence-electron chi connectivity index (χ1n) is 2.85. The first-order valence-corrected chi connectivity index (χ1v) is 2.85. The van der Waals surface area contributed by atoms with Gasteiger partial charge in [-0.3, -0.25) is 9.63 Å². The van der Waals surface area contributed by atoms with Crippen LogP contribution in [0.3, 0.4) is 0 Å². The topological polar surface area (TPSA) is 49.8 Å². The Morgan fingerprint density at radius 3 is 2.80 bits per heavy atom. The van der Waals surface area contributed by atoms with Crippen LogP contribution < -0.4 is 0 Å². The van der Waals surface area contributed by atoms with Gasteiger partial charge in [0.25, 0.3) is 5.91 Å². The van der Waals surface area contributed by atoms with Crippen molar-refractivity contribution >= 4 is 5.91 Å². The number of nitrogens with zero attached hydrogens (tertiary/aromatic N) is 1. The molecule has 0 aromatic carbocycles. The fourth-order valence-electron chi connectivity index (χ4n) is 0.484. The number of hydrogen-bond donors (Lipinski definition) is 1. The lowest BCUT2D eigenvalue weighted by Gasteiger charge is -2.15. The quantitative estimate of drug-likeness (QED) is 0.430. The van der Waals surface area contributed by atoms with Crippen LogP contribution in [-0.2, 0) is 9.63 Å². The SMILES string of the molecule is C=CC(=O)N(CCO)OC. The van der Waals surface area contributed by atoms with E-state index in [-0.39, 0.29) is 19.1 Å². The standard InChI is InChI=1S/C6H11NO3/c1-3-6(9)7(10-2)4-5-8/h3,8H,1,4-5H2,2H3. The molecule has 0 aromatic rings. The fraction of sp³-hybridized carbons (Fsp3) is 0.500. The first-order chi connectivity index (χ1) is 4.76. The molecule has 1 amide bonds. The molecule has 0 unspecified atom stereocenters. The lowest BCUT2D eigenvalue weighted by molar-refractivity contribution is -0.172. The summed E-state index contributed by atoms with van der Waals surface area (Å²) in [6.45, 7) is 3.31. The minimum absolute atomic E-state index is 0.118. The molecular formula is C6H11NO3. The van der Waals surface area contributed by atoms with Crippen LogP contribution in [0.2, 0.25) is 0 Å². The van der Waals surface area contributed by atoms with Crippen LogP contribution in [0, 0.1) is 0 Å². The van der Waals surface area contributed by atoms with Gasteiger partial charge in [-0.1, -0.05) is 6.58 Å². The van der Waals surface area contributed by atoms with Gasteiger partial charge < -0.3 is 5.11 Å². The average Bonchev–Trinajstić information content (AvgIpc) is 1.99. The molecule has 0 radical (unpaired) electrons. The molecule has 0 heterocycles. The lowest BCUT2D eigenvalue weighted by atomic mass is 10.5. The number of carbonyl (C=O) groups excluding carboxylic acids is 1. The van der Waals surface area contributed by atoms with E-state index in [1.165, 1.54) is 7.11 Å². The minimum Gasteiger partial charge on any atom is -0.394 e. The zero-order valence-electron chi connectivity index (χ0n) is 5.91. The highest BCUT2D eigenvalue weighted by molar-refractivity contribution is 5.86. The van der Waals surface area contributed by atoms with Gasteiger partial charge in [0.2, 0.25) is 0 Å². The van der Waals surface area contributed by atoms with Crippen molar-refractivity contribution in [2.45, 2.75) is 0 Å². The van der Waals surface area contributed by atoms with Gasteiger partial charge in [-0.15, -0.1) is 0 Å². The zero-order chi connectivity index (χ0) is 7.98. The molecule has 0 spiro atoms. The van der Waals surface area contributed by atoms with Crippen LogP contribution in [0.25, 0.3) is 0 Å². The summed E-state index contributed by atoms with van der Waals surface area (Å²) in [5.41, 5.74) is 0. The molecule has 0 saturated heterocycles. The van der Waals surface area contributed by atoms with E-state index in [2.05, 4.69) is 11.4 Å². The summed E-state index contributed by atoms with van der Waals surface area (Å²) in [6.07, 6.45) is 1.12. The Hall–Kier alpha value is -0.870. The summed E-state index contributed by atoms with van der Waals surface area (Å²) in [4.78, 5) is 15.3. The normalized spacial score (nSPS) is 9.00. The van der Waals surface area contributed by atoms with Crippen molar-refractivity contribution in [3.05, 3.63) is 12.7 Å². The van der Waals surface area contributed by atoms with Gasteiger partial charge in [-0.2, -0.15) is 0 Å².